The summed E-state index contributed by atoms with van der Waals surface area (Å²) in [6.45, 7) is 6.82. The minimum absolute atomic E-state index is 0.0879. The maximum atomic E-state index is 14.2. The Labute approximate surface area is 224 Å². The van der Waals surface area contributed by atoms with Crippen molar-refractivity contribution in [1.82, 2.24) is 9.55 Å². The Balaban J connectivity index is 1.52. The topological polar surface area (TPSA) is 64.0 Å². The maximum absolute atomic E-state index is 14.2. The van der Waals surface area contributed by atoms with E-state index in [1.165, 1.54) is 29.3 Å². The number of amides is 1. The number of hydrogen-bond donors (Lipinski definition) is 1. The van der Waals surface area contributed by atoms with E-state index >= 15 is 0 Å². The van der Waals surface area contributed by atoms with Crippen molar-refractivity contribution in [3.63, 3.8) is 0 Å². The molecule has 6 heteroatoms. The van der Waals surface area contributed by atoms with Crippen LogP contribution in [0.25, 0.3) is 11.3 Å². The Morgan fingerprint density at radius 2 is 1.89 bits per heavy atom. The van der Waals surface area contributed by atoms with Crippen molar-refractivity contribution >= 4 is 23.4 Å². The van der Waals surface area contributed by atoms with Crippen LogP contribution in [0.5, 0.6) is 0 Å². The molecule has 0 radical (unpaired) electrons. The molecule has 1 heterocycles. The van der Waals surface area contributed by atoms with Gasteiger partial charge < -0.3 is 5.32 Å². The lowest BCUT2D eigenvalue weighted by Crippen LogP contribution is -2.43. The van der Waals surface area contributed by atoms with E-state index < -0.39 is 0 Å². The molecule has 1 fully saturated rings. The highest BCUT2D eigenvalue weighted by Gasteiger charge is 2.43. The van der Waals surface area contributed by atoms with Gasteiger partial charge in [0.25, 0.3) is 5.56 Å². The number of aromatic nitrogens is 2. The molecule has 2 aromatic carbocycles. The van der Waals surface area contributed by atoms with E-state index in [0.717, 1.165) is 73.0 Å². The molecule has 1 aromatic heterocycles. The van der Waals surface area contributed by atoms with Gasteiger partial charge in [0.1, 0.15) is 0 Å². The molecule has 0 atom stereocenters. The minimum Gasteiger partial charge on any atom is -0.325 e. The van der Waals surface area contributed by atoms with Crippen molar-refractivity contribution in [2.45, 2.75) is 89.3 Å². The van der Waals surface area contributed by atoms with Gasteiger partial charge in [-0.3, -0.25) is 14.2 Å². The molecule has 0 unspecified atom stereocenters. The minimum atomic E-state index is -0.122. The summed E-state index contributed by atoms with van der Waals surface area (Å²) in [4.78, 5) is 32.3. The number of hydrogen-bond acceptors (Lipinski definition) is 4. The van der Waals surface area contributed by atoms with Crippen molar-refractivity contribution in [3.8, 4) is 11.3 Å². The second kappa shape index (κ2) is 10.9. The summed E-state index contributed by atoms with van der Waals surface area (Å²) in [5.41, 5.74) is 7.15. The molecule has 1 spiro atoms. The maximum Gasteiger partial charge on any atom is 0.258 e. The monoisotopic (exact) mass is 515 g/mol. The van der Waals surface area contributed by atoms with Crippen LogP contribution in [-0.2, 0) is 23.2 Å². The van der Waals surface area contributed by atoms with Gasteiger partial charge >= 0.3 is 0 Å². The fraction of sp³-hybridized carbons (Fsp3) is 0.452. The largest absolute Gasteiger partial charge is 0.325 e. The molecule has 2 aliphatic carbocycles. The first-order valence-corrected chi connectivity index (χ1v) is 14.6. The molecular weight excluding hydrogens is 478 g/mol. The number of fused-ring (bicyclic) bond motifs is 4. The van der Waals surface area contributed by atoms with Gasteiger partial charge in [0.05, 0.1) is 17.0 Å². The molecule has 194 valence electrons. The van der Waals surface area contributed by atoms with Gasteiger partial charge in [-0.05, 0) is 56.7 Å². The van der Waals surface area contributed by atoms with Crippen LogP contribution in [0.2, 0.25) is 0 Å². The highest BCUT2D eigenvalue weighted by Crippen LogP contribution is 2.48. The highest BCUT2D eigenvalue weighted by molar-refractivity contribution is 7.99. The van der Waals surface area contributed by atoms with E-state index in [4.69, 9.17) is 4.98 Å². The molecule has 5 rings (SSSR count). The number of aryl methyl sites for hydroxylation is 2. The smallest absolute Gasteiger partial charge is 0.258 e. The predicted octanol–water partition coefficient (Wildman–Crippen LogP) is 6.82. The Hall–Kier alpha value is -2.86. The average molecular weight is 516 g/mol. The summed E-state index contributed by atoms with van der Waals surface area (Å²) in [7, 11) is 0. The third kappa shape index (κ3) is 5.13. The fourth-order valence-electron chi connectivity index (χ4n) is 6.12. The van der Waals surface area contributed by atoms with E-state index in [2.05, 4.69) is 36.5 Å². The molecular formula is C31H37N3O2S. The summed E-state index contributed by atoms with van der Waals surface area (Å²) >= 11 is 1.37. The van der Waals surface area contributed by atoms with Gasteiger partial charge in [0, 0.05) is 23.2 Å². The number of nitrogens with zero attached hydrogens (tertiary/aromatic N) is 2. The molecule has 1 N–H and O–H groups in total. The Morgan fingerprint density at radius 1 is 1.11 bits per heavy atom. The zero-order valence-electron chi connectivity index (χ0n) is 22.2. The number of carbonyl (C=O) groups excluding carboxylic acids is 1. The SMILES string of the molecule is CCCCn1c(SCC(=O)Nc2ccc(C)cc2C)nc2c(c1=O)C1(CCCCC1)Cc1ccccc1-2. The van der Waals surface area contributed by atoms with Gasteiger partial charge in [0.15, 0.2) is 5.16 Å². The summed E-state index contributed by atoms with van der Waals surface area (Å²) in [5.74, 6) is 0.118. The molecule has 3 aromatic rings. The van der Waals surface area contributed by atoms with E-state index in [9.17, 15) is 9.59 Å². The van der Waals surface area contributed by atoms with Crippen molar-refractivity contribution in [2.24, 2.45) is 0 Å². The first kappa shape index (κ1) is 25.8. The lowest BCUT2D eigenvalue weighted by atomic mass is 9.62. The molecule has 0 aliphatic heterocycles. The van der Waals surface area contributed by atoms with E-state index in [1.54, 1.807) is 0 Å². The average Bonchev–Trinajstić information content (AvgIpc) is 2.89. The highest BCUT2D eigenvalue weighted by atomic mass is 32.2. The summed E-state index contributed by atoms with van der Waals surface area (Å²) < 4.78 is 1.86. The Morgan fingerprint density at radius 3 is 2.65 bits per heavy atom. The van der Waals surface area contributed by atoms with Crippen LogP contribution in [0.3, 0.4) is 0 Å². The number of unbranched alkanes of at least 4 members (excludes halogenated alkanes) is 1. The van der Waals surface area contributed by atoms with Crippen LogP contribution in [0.4, 0.5) is 5.69 Å². The second-order valence-corrected chi connectivity index (χ2v) is 11.7. The first-order valence-electron chi connectivity index (χ1n) is 13.7. The van der Waals surface area contributed by atoms with Crippen LogP contribution in [-0.4, -0.2) is 21.2 Å². The molecule has 0 saturated heterocycles. The van der Waals surface area contributed by atoms with Crippen LogP contribution in [0, 0.1) is 13.8 Å². The molecule has 37 heavy (non-hydrogen) atoms. The number of benzene rings is 2. The number of carbonyl (C=O) groups is 1. The molecule has 5 nitrogen and oxygen atoms in total. The zero-order valence-corrected chi connectivity index (χ0v) is 23.0. The lowest BCUT2D eigenvalue weighted by molar-refractivity contribution is -0.113. The quantitative estimate of drug-likeness (QED) is 0.277. The lowest BCUT2D eigenvalue weighted by Gasteiger charge is -2.42. The van der Waals surface area contributed by atoms with Gasteiger partial charge in [-0.2, -0.15) is 0 Å². The number of nitrogens with one attached hydrogen (secondary N) is 1. The van der Waals surface area contributed by atoms with Crippen LogP contribution in [0.15, 0.2) is 52.4 Å². The fourth-order valence-corrected chi connectivity index (χ4v) is 6.93. The molecule has 1 amide bonds. The number of thioether (sulfide) groups is 1. The number of rotatable bonds is 7. The van der Waals surface area contributed by atoms with E-state index in [1.807, 2.05) is 36.6 Å². The van der Waals surface area contributed by atoms with Crippen molar-refractivity contribution in [3.05, 3.63) is 75.1 Å². The van der Waals surface area contributed by atoms with Crippen LogP contribution >= 0.6 is 11.8 Å². The van der Waals surface area contributed by atoms with E-state index in [0.29, 0.717) is 11.7 Å². The molecule has 2 aliphatic rings. The second-order valence-electron chi connectivity index (χ2n) is 10.8. The Bertz CT molecular complexity index is 1370. The number of anilines is 1. The molecule has 0 bridgehead atoms. The Kier molecular flexibility index (Phi) is 7.57. The van der Waals surface area contributed by atoms with Gasteiger partial charge in [-0.15, -0.1) is 0 Å². The van der Waals surface area contributed by atoms with E-state index in [-0.39, 0.29) is 22.6 Å². The summed E-state index contributed by atoms with van der Waals surface area (Å²) in [6.07, 6.45) is 8.47. The third-order valence-electron chi connectivity index (χ3n) is 8.00. The van der Waals surface area contributed by atoms with Crippen molar-refractivity contribution in [1.29, 1.82) is 0 Å². The zero-order chi connectivity index (χ0) is 26.0. The summed E-state index contributed by atoms with van der Waals surface area (Å²) in [5, 5.41) is 3.68. The standard InChI is InChI=1S/C31H37N3O2S/c1-4-5-17-34-29(36)27-28(24-12-8-7-11-23(24)19-31(27)15-9-6-10-16-31)33-30(34)37-20-26(35)32-25-14-13-21(2)18-22(25)3/h7-8,11-14,18H,4-6,9-10,15-17,19-20H2,1-3H3,(H,32,35). The predicted molar refractivity (Wildman–Crippen MR) is 153 cm³/mol. The third-order valence-corrected chi connectivity index (χ3v) is 8.98. The van der Waals surface area contributed by atoms with Crippen LogP contribution in [0.1, 0.15) is 74.1 Å². The van der Waals surface area contributed by atoms with Crippen molar-refractivity contribution in [2.75, 3.05) is 11.1 Å². The normalized spacial score (nSPS) is 15.8. The van der Waals surface area contributed by atoms with Crippen LogP contribution < -0.4 is 10.9 Å². The van der Waals surface area contributed by atoms with Gasteiger partial charge in [-0.1, -0.05) is 86.3 Å². The first-order chi connectivity index (χ1) is 17.9. The van der Waals surface area contributed by atoms with Gasteiger partial charge in [0.2, 0.25) is 5.91 Å². The van der Waals surface area contributed by atoms with Gasteiger partial charge in [-0.25, -0.2) is 4.98 Å². The molecule has 1 saturated carbocycles. The summed E-state index contributed by atoms with van der Waals surface area (Å²) in [6, 6.07) is 14.4. The van der Waals surface area contributed by atoms with Crippen molar-refractivity contribution < 1.29 is 4.79 Å².